The minimum Gasteiger partial charge on any atom is -0.443 e. The number of amides is 1. The van der Waals surface area contributed by atoms with Gasteiger partial charge in [-0.05, 0) is 32.9 Å². The fraction of sp³-hybridized carbons (Fsp3) is 0.300. The first-order chi connectivity index (χ1) is 12.7. The van der Waals surface area contributed by atoms with Crippen molar-refractivity contribution in [3.8, 4) is 0 Å². The number of fused-ring (bicyclic) bond motifs is 2. The number of anilines is 1. The molecule has 0 radical (unpaired) electrons. The highest BCUT2D eigenvalue weighted by molar-refractivity contribution is 9.09. The lowest BCUT2D eigenvalue weighted by molar-refractivity contribution is 0.0582. The minimum atomic E-state index is -0.626. The van der Waals surface area contributed by atoms with Gasteiger partial charge in [-0.1, -0.05) is 52.3 Å². The van der Waals surface area contributed by atoms with Gasteiger partial charge in [0.1, 0.15) is 9.93 Å². The maximum Gasteiger partial charge on any atom is 0.414 e. The Morgan fingerprint density at radius 3 is 2.56 bits per heavy atom. The first-order valence-corrected chi connectivity index (χ1v) is 10.1. The van der Waals surface area contributed by atoms with Crippen molar-refractivity contribution in [1.29, 1.82) is 0 Å². The molecule has 1 unspecified atom stereocenters. The standard InChI is InChI=1S/C20H19Br2N3O2/c1-19(2,3)27-18(26)24-12-20(21,14-9-5-7-11-16(14)24)17-13-8-4-6-10-15(13)25(22)23-17/h4-11H,12H2,1-3H3. The molecule has 0 saturated heterocycles. The zero-order chi connectivity index (χ0) is 19.4. The third kappa shape index (κ3) is 3.06. The average Bonchev–Trinajstić information content (AvgIpc) is 3.11. The van der Waals surface area contributed by atoms with Gasteiger partial charge in [0.15, 0.2) is 0 Å². The number of alkyl halides is 1. The predicted molar refractivity (Wildman–Crippen MR) is 114 cm³/mol. The fourth-order valence-corrected chi connectivity index (χ4v) is 4.78. The van der Waals surface area contributed by atoms with Crippen LogP contribution in [0.15, 0.2) is 48.5 Å². The number of aromatic nitrogens is 2. The lowest BCUT2D eigenvalue weighted by Crippen LogP contribution is -2.38. The summed E-state index contributed by atoms with van der Waals surface area (Å²) in [6.45, 7) is 6.01. The number of ether oxygens (including phenoxy) is 1. The van der Waals surface area contributed by atoms with Gasteiger partial charge in [-0.25, -0.2) is 4.79 Å². The second-order valence-electron chi connectivity index (χ2n) is 7.61. The Labute approximate surface area is 174 Å². The average molecular weight is 493 g/mol. The van der Waals surface area contributed by atoms with Crippen LogP contribution in [0.25, 0.3) is 10.9 Å². The summed E-state index contributed by atoms with van der Waals surface area (Å²) < 4.78 is 6.70. The Morgan fingerprint density at radius 1 is 1.15 bits per heavy atom. The molecule has 0 aliphatic carbocycles. The van der Waals surface area contributed by atoms with Gasteiger partial charge in [0, 0.05) is 10.9 Å². The van der Waals surface area contributed by atoms with Crippen LogP contribution in [0.4, 0.5) is 10.5 Å². The molecule has 1 aliphatic heterocycles. The Morgan fingerprint density at radius 2 is 1.81 bits per heavy atom. The molecule has 0 spiro atoms. The number of carbonyl (C=O) groups is 1. The van der Waals surface area contributed by atoms with E-state index in [4.69, 9.17) is 9.84 Å². The highest BCUT2D eigenvalue weighted by Crippen LogP contribution is 2.51. The summed E-state index contributed by atoms with van der Waals surface area (Å²) in [5.41, 5.74) is 3.09. The Bertz CT molecular complexity index is 1040. The smallest absolute Gasteiger partial charge is 0.414 e. The van der Waals surface area contributed by atoms with Crippen molar-refractivity contribution in [2.45, 2.75) is 30.7 Å². The van der Waals surface area contributed by atoms with Crippen LogP contribution in [0.2, 0.25) is 0 Å². The monoisotopic (exact) mass is 491 g/mol. The zero-order valence-corrected chi connectivity index (χ0v) is 18.4. The molecule has 4 rings (SSSR count). The van der Waals surface area contributed by atoms with Gasteiger partial charge >= 0.3 is 6.09 Å². The van der Waals surface area contributed by atoms with Crippen LogP contribution in [0, 0.1) is 0 Å². The van der Waals surface area contributed by atoms with E-state index in [0.717, 1.165) is 27.8 Å². The summed E-state index contributed by atoms with van der Waals surface area (Å²) in [6.07, 6.45) is -0.362. The minimum absolute atomic E-state index is 0.362. The lowest BCUT2D eigenvalue weighted by atomic mass is 9.95. The van der Waals surface area contributed by atoms with E-state index in [9.17, 15) is 4.79 Å². The van der Waals surface area contributed by atoms with Crippen molar-refractivity contribution in [2.24, 2.45) is 0 Å². The number of benzene rings is 2. The van der Waals surface area contributed by atoms with Crippen molar-refractivity contribution in [1.82, 2.24) is 8.81 Å². The summed E-state index contributed by atoms with van der Waals surface area (Å²) in [5.74, 6) is 0. The molecule has 1 amide bonds. The fourth-order valence-electron chi connectivity index (χ4n) is 3.44. The van der Waals surface area contributed by atoms with Crippen LogP contribution >= 0.6 is 32.1 Å². The largest absolute Gasteiger partial charge is 0.443 e. The molecule has 1 atom stereocenters. The van der Waals surface area contributed by atoms with E-state index in [1.54, 1.807) is 8.61 Å². The Kier molecular flexibility index (Phi) is 4.35. The summed E-state index contributed by atoms with van der Waals surface area (Å²) in [7, 11) is 0. The molecule has 1 aromatic heterocycles. The molecule has 140 valence electrons. The van der Waals surface area contributed by atoms with E-state index in [1.165, 1.54) is 0 Å². The molecule has 0 N–H and O–H groups in total. The summed E-state index contributed by atoms with van der Waals surface area (Å²) in [6, 6.07) is 15.9. The number of halogens is 2. The Hall–Kier alpha value is -1.86. The van der Waals surface area contributed by atoms with Crippen molar-refractivity contribution in [3.63, 3.8) is 0 Å². The van der Waals surface area contributed by atoms with Crippen LogP contribution in [-0.4, -0.2) is 27.0 Å². The van der Waals surface area contributed by atoms with Gasteiger partial charge < -0.3 is 4.74 Å². The number of carbonyl (C=O) groups excluding carboxylic acids is 1. The van der Waals surface area contributed by atoms with Gasteiger partial charge in [0.25, 0.3) is 0 Å². The molecule has 2 aromatic carbocycles. The van der Waals surface area contributed by atoms with E-state index in [-0.39, 0.29) is 6.09 Å². The van der Waals surface area contributed by atoms with Crippen LogP contribution in [0.1, 0.15) is 32.0 Å². The normalized spacial score (nSPS) is 19.4. The second kappa shape index (κ2) is 6.34. The van der Waals surface area contributed by atoms with Gasteiger partial charge in [-0.3, -0.25) is 4.90 Å². The molecule has 3 aromatic rings. The molecule has 0 fully saturated rings. The molecule has 27 heavy (non-hydrogen) atoms. The number of hydrogen-bond acceptors (Lipinski definition) is 3. The predicted octanol–water partition coefficient (Wildman–Crippen LogP) is 5.59. The number of rotatable bonds is 1. The van der Waals surface area contributed by atoms with Gasteiger partial charge in [0.05, 0.1) is 39.6 Å². The quantitative estimate of drug-likeness (QED) is 0.416. The van der Waals surface area contributed by atoms with Crippen LogP contribution in [0.5, 0.6) is 0 Å². The van der Waals surface area contributed by atoms with Gasteiger partial charge in [0.2, 0.25) is 0 Å². The van der Waals surface area contributed by atoms with E-state index in [2.05, 4.69) is 32.1 Å². The van der Waals surface area contributed by atoms with E-state index in [1.807, 2.05) is 69.3 Å². The van der Waals surface area contributed by atoms with Crippen LogP contribution in [-0.2, 0) is 9.06 Å². The van der Waals surface area contributed by atoms with Crippen LogP contribution in [0.3, 0.4) is 0 Å². The lowest BCUT2D eigenvalue weighted by Gasteiger charge is -2.26. The second-order valence-corrected chi connectivity index (χ2v) is 9.64. The number of para-hydroxylation sites is 2. The highest BCUT2D eigenvalue weighted by atomic mass is 79.9. The number of hydrogen-bond donors (Lipinski definition) is 0. The maximum atomic E-state index is 12.9. The van der Waals surface area contributed by atoms with Crippen LogP contribution < -0.4 is 4.90 Å². The molecule has 1 aliphatic rings. The molecular weight excluding hydrogens is 474 g/mol. The first-order valence-electron chi connectivity index (χ1n) is 8.64. The topological polar surface area (TPSA) is 47.4 Å². The van der Waals surface area contributed by atoms with Gasteiger partial charge in [-0.2, -0.15) is 8.81 Å². The third-order valence-corrected chi connectivity index (χ3v) is 6.13. The highest BCUT2D eigenvalue weighted by Gasteiger charge is 2.47. The molecule has 0 saturated carbocycles. The van der Waals surface area contributed by atoms with Crippen molar-refractivity contribution < 1.29 is 9.53 Å². The summed E-state index contributed by atoms with van der Waals surface area (Å²) in [5, 5.41) is 5.74. The van der Waals surface area contributed by atoms with E-state index in [0.29, 0.717) is 6.54 Å². The maximum absolute atomic E-state index is 12.9. The van der Waals surface area contributed by atoms with Crippen molar-refractivity contribution in [3.05, 3.63) is 59.8 Å². The van der Waals surface area contributed by atoms with Crippen molar-refractivity contribution in [2.75, 3.05) is 11.4 Å². The summed E-state index contributed by atoms with van der Waals surface area (Å²) in [4.78, 5) is 14.5. The van der Waals surface area contributed by atoms with E-state index < -0.39 is 9.93 Å². The SMILES string of the molecule is CC(C)(C)OC(=O)N1CC(Br)(c2nn(Br)c3ccccc23)c2ccccc21. The van der Waals surface area contributed by atoms with E-state index >= 15 is 0 Å². The van der Waals surface area contributed by atoms with Gasteiger partial charge in [-0.15, -0.1) is 0 Å². The Balaban J connectivity index is 1.85. The third-order valence-electron chi connectivity index (χ3n) is 4.53. The summed E-state index contributed by atoms with van der Waals surface area (Å²) >= 11 is 7.42. The first kappa shape index (κ1) is 18.5. The number of nitrogens with zero attached hydrogens (tertiary/aromatic N) is 3. The molecule has 2 heterocycles. The molecule has 0 bridgehead atoms. The zero-order valence-electron chi connectivity index (χ0n) is 15.2. The molecule has 5 nitrogen and oxygen atoms in total. The molecular formula is C20H19Br2N3O2. The van der Waals surface area contributed by atoms with Crippen molar-refractivity contribution >= 4 is 54.8 Å². The molecule has 7 heteroatoms.